The Morgan fingerprint density at radius 1 is 1.26 bits per heavy atom. The lowest BCUT2D eigenvalue weighted by Crippen LogP contribution is -2.47. The van der Waals surface area contributed by atoms with Gasteiger partial charge in [-0.05, 0) is 38.8 Å². The molecule has 144 valence electrons. The standard InChI is InChI=1S/C19H26N6O2/c1-14(2)24-9-6-15(7-10-24)22-18(26)13-25-12-16(11-21-25)23-19(27)17-5-3-4-8-20-17/h3-5,8,11-12,14-15H,6-7,9-10,13H2,1-2H3,(H,22,26)(H,23,27). The van der Waals surface area contributed by atoms with E-state index in [2.05, 4.69) is 39.5 Å². The number of carbonyl (C=O) groups excluding carboxylic acids is 2. The van der Waals surface area contributed by atoms with Gasteiger partial charge in [-0.3, -0.25) is 19.3 Å². The molecule has 0 radical (unpaired) electrons. The summed E-state index contributed by atoms with van der Waals surface area (Å²) in [6.07, 6.45) is 6.66. The minimum absolute atomic E-state index is 0.0660. The van der Waals surface area contributed by atoms with Crippen molar-refractivity contribution in [1.82, 2.24) is 25.0 Å². The Morgan fingerprint density at radius 2 is 2.04 bits per heavy atom. The number of likely N-dealkylation sites (tertiary alicyclic amines) is 1. The smallest absolute Gasteiger partial charge is 0.274 e. The number of hydrogen-bond acceptors (Lipinski definition) is 5. The number of nitrogens with one attached hydrogen (secondary N) is 2. The summed E-state index contributed by atoms with van der Waals surface area (Å²) in [6, 6.07) is 5.90. The molecule has 2 aromatic heterocycles. The topological polar surface area (TPSA) is 92.2 Å². The third kappa shape index (κ3) is 5.37. The number of nitrogens with zero attached hydrogens (tertiary/aromatic N) is 4. The number of hydrogen-bond donors (Lipinski definition) is 2. The van der Waals surface area contributed by atoms with Gasteiger partial charge in [0.25, 0.3) is 5.91 Å². The maximum atomic E-state index is 12.3. The molecule has 1 fully saturated rings. The molecule has 1 aliphatic rings. The molecule has 1 saturated heterocycles. The van der Waals surface area contributed by atoms with Gasteiger partial charge in [0.2, 0.25) is 5.91 Å². The normalized spacial score (nSPS) is 15.7. The molecule has 3 heterocycles. The molecular formula is C19H26N6O2. The maximum absolute atomic E-state index is 12.3. The van der Waals surface area contributed by atoms with Gasteiger partial charge in [-0.1, -0.05) is 6.07 Å². The van der Waals surface area contributed by atoms with Crippen molar-refractivity contribution in [3.63, 3.8) is 0 Å². The van der Waals surface area contributed by atoms with Crippen LogP contribution in [0.5, 0.6) is 0 Å². The number of carbonyl (C=O) groups is 2. The summed E-state index contributed by atoms with van der Waals surface area (Å²) in [5.41, 5.74) is 0.861. The van der Waals surface area contributed by atoms with Crippen LogP contribution in [0.3, 0.4) is 0 Å². The van der Waals surface area contributed by atoms with E-state index in [-0.39, 0.29) is 24.4 Å². The average Bonchev–Trinajstić information content (AvgIpc) is 3.09. The number of piperidine rings is 1. The third-order valence-corrected chi connectivity index (χ3v) is 4.72. The molecule has 2 N–H and O–H groups in total. The first-order valence-electron chi connectivity index (χ1n) is 9.29. The number of amides is 2. The summed E-state index contributed by atoms with van der Waals surface area (Å²) in [5.74, 6) is -0.375. The van der Waals surface area contributed by atoms with Gasteiger partial charge in [-0.15, -0.1) is 0 Å². The van der Waals surface area contributed by atoms with Crippen molar-refractivity contribution in [2.45, 2.75) is 45.3 Å². The van der Waals surface area contributed by atoms with Crippen molar-refractivity contribution < 1.29 is 9.59 Å². The zero-order valence-electron chi connectivity index (χ0n) is 15.8. The first-order chi connectivity index (χ1) is 13.0. The quantitative estimate of drug-likeness (QED) is 0.804. The number of pyridine rings is 1. The van der Waals surface area contributed by atoms with E-state index in [0.717, 1.165) is 25.9 Å². The fourth-order valence-corrected chi connectivity index (χ4v) is 3.19. The lowest BCUT2D eigenvalue weighted by Gasteiger charge is -2.34. The lowest BCUT2D eigenvalue weighted by atomic mass is 10.0. The molecule has 27 heavy (non-hydrogen) atoms. The van der Waals surface area contributed by atoms with Gasteiger partial charge in [-0.25, -0.2) is 0 Å². The second kappa shape index (κ2) is 8.77. The Kier molecular flexibility index (Phi) is 6.18. The van der Waals surface area contributed by atoms with Crippen molar-refractivity contribution in [3.8, 4) is 0 Å². The van der Waals surface area contributed by atoms with Crippen LogP contribution in [0, 0.1) is 0 Å². The van der Waals surface area contributed by atoms with Crippen LogP contribution in [0.1, 0.15) is 37.2 Å². The van der Waals surface area contributed by atoms with Crippen LogP contribution in [0.15, 0.2) is 36.8 Å². The molecule has 8 nitrogen and oxygen atoms in total. The molecule has 0 aromatic carbocycles. The van der Waals surface area contributed by atoms with Crippen LogP contribution in [0.2, 0.25) is 0 Å². The van der Waals surface area contributed by atoms with Crippen LogP contribution in [0.25, 0.3) is 0 Å². The predicted molar refractivity (Wildman–Crippen MR) is 102 cm³/mol. The number of anilines is 1. The first-order valence-corrected chi connectivity index (χ1v) is 9.29. The predicted octanol–water partition coefficient (Wildman–Crippen LogP) is 1.52. The van der Waals surface area contributed by atoms with Gasteiger partial charge in [0.15, 0.2) is 0 Å². The summed E-state index contributed by atoms with van der Waals surface area (Å²) in [5, 5.41) is 9.95. The van der Waals surface area contributed by atoms with E-state index in [1.54, 1.807) is 30.6 Å². The van der Waals surface area contributed by atoms with Crippen molar-refractivity contribution in [2.75, 3.05) is 18.4 Å². The molecule has 0 bridgehead atoms. The zero-order valence-corrected chi connectivity index (χ0v) is 15.8. The minimum Gasteiger partial charge on any atom is -0.352 e. The van der Waals surface area contributed by atoms with Gasteiger partial charge in [0, 0.05) is 37.6 Å². The highest BCUT2D eigenvalue weighted by Crippen LogP contribution is 2.13. The van der Waals surface area contributed by atoms with Gasteiger partial charge < -0.3 is 15.5 Å². The molecule has 0 saturated carbocycles. The van der Waals surface area contributed by atoms with E-state index in [1.807, 2.05) is 0 Å². The van der Waals surface area contributed by atoms with Gasteiger partial charge in [0.1, 0.15) is 12.2 Å². The fourth-order valence-electron chi connectivity index (χ4n) is 3.19. The molecule has 0 spiro atoms. The van der Waals surface area contributed by atoms with Crippen LogP contribution in [0.4, 0.5) is 5.69 Å². The first kappa shape index (κ1) is 19.0. The SMILES string of the molecule is CC(C)N1CCC(NC(=O)Cn2cc(NC(=O)c3ccccn3)cn2)CC1. The highest BCUT2D eigenvalue weighted by Gasteiger charge is 2.22. The third-order valence-electron chi connectivity index (χ3n) is 4.72. The van der Waals surface area contributed by atoms with Gasteiger partial charge in [-0.2, -0.15) is 5.10 Å². The molecule has 0 atom stereocenters. The highest BCUT2D eigenvalue weighted by molar-refractivity contribution is 6.02. The van der Waals surface area contributed by atoms with Crippen LogP contribution < -0.4 is 10.6 Å². The molecule has 3 rings (SSSR count). The van der Waals surface area contributed by atoms with Crippen LogP contribution in [-0.2, 0) is 11.3 Å². The van der Waals surface area contributed by atoms with Crippen molar-refractivity contribution in [3.05, 3.63) is 42.5 Å². The summed E-state index contributed by atoms with van der Waals surface area (Å²) in [4.78, 5) is 30.8. The van der Waals surface area contributed by atoms with Gasteiger partial charge >= 0.3 is 0 Å². The summed E-state index contributed by atoms with van der Waals surface area (Å²) in [6.45, 7) is 6.54. The van der Waals surface area contributed by atoms with E-state index in [0.29, 0.717) is 17.4 Å². The largest absolute Gasteiger partial charge is 0.352 e. The zero-order chi connectivity index (χ0) is 19.2. The second-order valence-electron chi connectivity index (χ2n) is 7.07. The lowest BCUT2D eigenvalue weighted by molar-refractivity contribution is -0.122. The minimum atomic E-state index is -0.309. The Balaban J connectivity index is 1.46. The van der Waals surface area contributed by atoms with Crippen LogP contribution in [-0.4, -0.2) is 56.7 Å². The Labute approximate surface area is 159 Å². The highest BCUT2D eigenvalue weighted by atomic mass is 16.2. The van der Waals surface area contributed by atoms with Crippen molar-refractivity contribution in [2.24, 2.45) is 0 Å². The van der Waals surface area contributed by atoms with E-state index in [4.69, 9.17) is 0 Å². The number of rotatable bonds is 6. The number of aromatic nitrogens is 3. The van der Waals surface area contributed by atoms with E-state index in [1.165, 1.54) is 10.9 Å². The average molecular weight is 370 g/mol. The molecule has 1 aliphatic heterocycles. The maximum Gasteiger partial charge on any atom is 0.274 e. The van der Waals surface area contributed by atoms with E-state index >= 15 is 0 Å². The van der Waals surface area contributed by atoms with Crippen LogP contribution >= 0.6 is 0 Å². The molecular weight excluding hydrogens is 344 g/mol. The fraction of sp³-hybridized carbons (Fsp3) is 0.474. The Morgan fingerprint density at radius 3 is 2.70 bits per heavy atom. The summed E-state index contributed by atoms with van der Waals surface area (Å²) < 4.78 is 1.52. The molecule has 0 aliphatic carbocycles. The van der Waals surface area contributed by atoms with E-state index < -0.39 is 0 Å². The monoisotopic (exact) mass is 370 g/mol. The second-order valence-corrected chi connectivity index (χ2v) is 7.07. The molecule has 2 amide bonds. The molecule has 2 aromatic rings. The summed E-state index contributed by atoms with van der Waals surface area (Å²) >= 11 is 0. The molecule has 0 unspecified atom stereocenters. The van der Waals surface area contributed by atoms with Crippen molar-refractivity contribution >= 4 is 17.5 Å². The summed E-state index contributed by atoms with van der Waals surface area (Å²) in [7, 11) is 0. The Bertz CT molecular complexity index is 766. The van der Waals surface area contributed by atoms with Gasteiger partial charge in [0.05, 0.1) is 11.9 Å². The Hall–Kier alpha value is -2.74. The van der Waals surface area contributed by atoms with E-state index in [9.17, 15) is 9.59 Å². The van der Waals surface area contributed by atoms with Crippen molar-refractivity contribution in [1.29, 1.82) is 0 Å². The molecule has 8 heteroatoms.